The molecule has 1 atom stereocenters. The molecular formula is C18H18O. The third-order valence-electron chi connectivity index (χ3n) is 3.26. The Morgan fingerprint density at radius 2 is 1.58 bits per heavy atom. The molecule has 0 saturated heterocycles. The van der Waals surface area contributed by atoms with Gasteiger partial charge in [-0.1, -0.05) is 61.2 Å². The summed E-state index contributed by atoms with van der Waals surface area (Å²) in [6, 6.07) is 17.7. The van der Waals surface area contributed by atoms with E-state index in [2.05, 4.69) is 24.8 Å². The van der Waals surface area contributed by atoms with Crippen LogP contribution < -0.4 is 0 Å². The van der Waals surface area contributed by atoms with Gasteiger partial charge in [0.25, 0.3) is 0 Å². The van der Waals surface area contributed by atoms with E-state index >= 15 is 0 Å². The first kappa shape index (κ1) is 13.2. The van der Waals surface area contributed by atoms with Gasteiger partial charge in [-0.2, -0.15) is 0 Å². The summed E-state index contributed by atoms with van der Waals surface area (Å²) >= 11 is 0. The van der Waals surface area contributed by atoms with E-state index in [1.165, 1.54) is 5.56 Å². The molecule has 0 radical (unpaired) electrons. The number of phenolic OH excluding ortho intramolecular Hbond substituents is 1. The first-order valence-electron chi connectivity index (χ1n) is 6.38. The highest BCUT2D eigenvalue weighted by molar-refractivity contribution is 5.45. The van der Waals surface area contributed by atoms with E-state index in [-0.39, 0.29) is 11.7 Å². The number of benzene rings is 2. The number of hydrogen-bond donors (Lipinski definition) is 1. The Balaban J connectivity index is 2.52. The standard InChI is InChI=1S/C18H18O/c1-3-14(4-2)18(15-8-6-5-7-9-15)16-10-12-17(19)13-11-16/h3-13,18-19H,1H2,2H3/b14-4+. The average molecular weight is 250 g/mol. The van der Waals surface area contributed by atoms with Crippen molar-refractivity contribution in [3.8, 4) is 5.75 Å². The molecule has 1 heteroatoms. The van der Waals surface area contributed by atoms with Gasteiger partial charge in [-0.25, -0.2) is 0 Å². The number of aromatic hydroxyl groups is 1. The third-order valence-corrected chi connectivity index (χ3v) is 3.26. The van der Waals surface area contributed by atoms with E-state index in [9.17, 15) is 5.11 Å². The first-order chi connectivity index (χ1) is 9.26. The minimum Gasteiger partial charge on any atom is -0.508 e. The van der Waals surface area contributed by atoms with Gasteiger partial charge in [-0.05, 0) is 35.8 Å². The van der Waals surface area contributed by atoms with Crippen LogP contribution in [-0.4, -0.2) is 5.11 Å². The summed E-state index contributed by atoms with van der Waals surface area (Å²) in [5.74, 6) is 0.445. The number of hydrogen-bond acceptors (Lipinski definition) is 1. The van der Waals surface area contributed by atoms with Crippen LogP contribution in [0.4, 0.5) is 0 Å². The van der Waals surface area contributed by atoms with Crippen molar-refractivity contribution < 1.29 is 5.11 Å². The second kappa shape index (κ2) is 6.05. The SMILES string of the molecule is C=C/C(=C\C)C(c1ccccc1)c1ccc(O)cc1. The highest BCUT2D eigenvalue weighted by Gasteiger charge is 2.16. The Kier molecular flexibility index (Phi) is 4.19. The molecule has 2 aromatic rings. The average Bonchev–Trinajstić information content (AvgIpc) is 2.47. The van der Waals surface area contributed by atoms with Gasteiger partial charge in [0.2, 0.25) is 0 Å². The fourth-order valence-electron chi connectivity index (χ4n) is 2.29. The summed E-state index contributed by atoms with van der Waals surface area (Å²) in [7, 11) is 0. The molecular weight excluding hydrogens is 232 g/mol. The van der Waals surface area contributed by atoms with E-state index in [0.717, 1.165) is 11.1 Å². The van der Waals surface area contributed by atoms with Crippen LogP contribution in [0.15, 0.2) is 78.9 Å². The number of phenols is 1. The van der Waals surface area contributed by atoms with E-state index < -0.39 is 0 Å². The van der Waals surface area contributed by atoms with Gasteiger partial charge in [0.05, 0.1) is 0 Å². The van der Waals surface area contributed by atoms with Gasteiger partial charge in [-0.15, -0.1) is 0 Å². The Morgan fingerprint density at radius 3 is 2.11 bits per heavy atom. The Hall–Kier alpha value is -2.28. The maximum absolute atomic E-state index is 9.43. The van der Waals surface area contributed by atoms with Crippen LogP contribution in [0.2, 0.25) is 0 Å². The zero-order valence-corrected chi connectivity index (χ0v) is 11.1. The van der Waals surface area contributed by atoms with Crippen LogP contribution in [0.3, 0.4) is 0 Å². The van der Waals surface area contributed by atoms with Crippen LogP contribution in [0.5, 0.6) is 5.75 Å². The second-order valence-electron chi connectivity index (χ2n) is 4.43. The Bertz CT molecular complexity index is 564. The molecule has 0 heterocycles. The van der Waals surface area contributed by atoms with Crippen molar-refractivity contribution in [2.45, 2.75) is 12.8 Å². The molecule has 1 unspecified atom stereocenters. The molecule has 1 nitrogen and oxygen atoms in total. The molecule has 0 bridgehead atoms. The highest BCUT2D eigenvalue weighted by Crippen LogP contribution is 2.33. The quantitative estimate of drug-likeness (QED) is 0.783. The lowest BCUT2D eigenvalue weighted by Crippen LogP contribution is -2.03. The molecule has 2 rings (SSSR count). The molecule has 2 aromatic carbocycles. The summed E-state index contributed by atoms with van der Waals surface area (Å²) in [4.78, 5) is 0. The van der Waals surface area contributed by atoms with E-state index in [1.54, 1.807) is 12.1 Å². The summed E-state index contributed by atoms with van der Waals surface area (Å²) in [6.45, 7) is 5.92. The minimum absolute atomic E-state index is 0.157. The fraction of sp³-hybridized carbons (Fsp3) is 0.111. The fourth-order valence-corrected chi connectivity index (χ4v) is 2.29. The Labute approximate surface area is 114 Å². The maximum Gasteiger partial charge on any atom is 0.115 e. The third kappa shape index (κ3) is 2.94. The summed E-state index contributed by atoms with van der Waals surface area (Å²) in [6.07, 6.45) is 3.97. The number of rotatable bonds is 4. The zero-order valence-electron chi connectivity index (χ0n) is 11.1. The minimum atomic E-state index is 0.157. The maximum atomic E-state index is 9.43. The van der Waals surface area contributed by atoms with Gasteiger partial charge < -0.3 is 5.11 Å². The van der Waals surface area contributed by atoms with Gasteiger partial charge in [-0.3, -0.25) is 0 Å². The van der Waals surface area contributed by atoms with Gasteiger partial charge in [0.15, 0.2) is 0 Å². The lowest BCUT2D eigenvalue weighted by Gasteiger charge is -2.19. The van der Waals surface area contributed by atoms with Crippen LogP contribution in [-0.2, 0) is 0 Å². The van der Waals surface area contributed by atoms with Crippen LogP contribution in [0.1, 0.15) is 24.0 Å². The molecule has 0 spiro atoms. The molecule has 0 aliphatic carbocycles. The molecule has 1 N–H and O–H groups in total. The summed E-state index contributed by atoms with van der Waals surface area (Å²) < 4.78 is 0. The predicted octanol–water partition coefficient (Wildman–Crippen LogP) is 4.66. The monoisotopic (exact) mass is 250 g/mol. The molecule has 19 heavy (non-hydrogen) atoms. The van der Waals surface area contributed by atoms with Crippen LogP contribution in [0, 0.1) is 0 Å². The topological polar surface area (TPSA) is 20.2 Å². The van der Waals surface area contributed by atoms with Crippen molar-refractivity contribution >= 4 is 0 Å². The van der Waals surface area contributed by atoms with Crippen molar-refractivity contribution in [1.82, 2.24) is 0 Å². The van der Waals surface area contributed by atoms with Gasteiger partial charge in [0.1, 0.15) is 5.75 Å². The second-order valence-corrected chi connectivity index (χ2v) is 4.43. The molecule has 0 saturated carbocycles. The van der Waals surface area contributed by atoms with Crippen molar-refractivity contribution in [2.75, 3.05) is 0 Å². The molecule has 0 aliphatic rings. The van der Waals surface area contributed by atoms with E-state index in [0.29, 0.717) is 0 Å². The molecule has 0 aliphatic heterocycles. The van der Waals surface area contributed by atoms with Crippen molar-refractivity contribution in [1.29, 1.82) is 0 Å². The lowest BCUT2D eigenvalue weighted by atomic mass is 9.84. The van der Waals surface area contributed by atoms with Crippen molar-refractivity contribution in [3.63, 3.8) is 0 Å². The van der Waals surface area contributed by atoms with Gasteiger partial charge in [0, 0.05) is 5.92 Å². The first-order valence-corrected chi connectivity index (χ1v) is 6.38. The Morgan fingerprint density at radius 1 is 1.00 bits per heavy atom. The summed E-state index contributed by atoms with van der Waals surface area (Å²) in [5, 5.41) is 9.43. The normalized spacial score (nSPS) is 13.0. The van der Waals surface area contributed by atoms with Gasteiger partial charge >= 0.3 is 0 Å². The summed E-state index contributed by atoms with van der Waals surface area (Å²) in [5.41, 5.74) is 3.54. The lowest BCUT2D eigenvalue weighted by molar-refractivity contribution is 0.475. The predicted molar refractivity (Wildman–Crippen MR) is 80.3 cm³/mol. The highest BCUT2D eigenvalue weighted by atomic mass is 16.3. The number of allylic oxidation sites excluding steroid dienone is 3. The largest absolute Gasteiger partial charge is 0.508 e. The molecule has 0 fully saturated rings. The van der Waals surface area contributed by atoms with E-state index in [1.807, 2.05) is 43.3 Å². The molecule has 0 aromatic heterocycles. The molecule has 96 valence electrons. The van der Waals surface area contributed by atoms with E-state index in [4.69, 9.17) is 0 Å². The van der Waals surface area contributed by atoms with Crippen LogP contribution >= 0.6 is 0 Å². The van der Waals surface area contributed by atoms with Crippen LogP contribution in [0.25, 0.3) is 0 Å². The van der Waals surface area contributed by atoms with Crippen molar-refractivity contribution in [2.24, 2.45) is 0 Å². The molecule has 0 amide bonds. The zero-order chi connectivity index (χ0) is 13.7. The van der Waals surface area contributed by atoms with Crippen molar-refractivity contribution in [3.05, 3.63) is 90.0 Å². The smallest absolute Gasteiger partial charge is 0.115 e.